The first kappa shape index (κ1) is 12.1. The minimum absolute atomic E-state index is 0.229. The predicted octanol–water partition coefficient (Wildman–Crippen LogP) is 1.28. The lowest BCUT2D eigenvalue weighted by Crippen LogP contribution is -2.00. The van der Waals surface area contributed by atoms with E-state index in [-0.39, 0.29) is 6.01 Å². The molecule has 0 spiro atoms. The molecule has 0 unspecified atom stereocenters. The van der Waals surface area contributed by atoms with Crippen LogP contribution in [0.3, 0.4) is 0 Å². The summed E-state index contributed by atoms with van der Waals surface area (Å²) in [6, 6.07) is 6.62. The lowest BCUT2D eigenvalue weighted by molar-refractivity contribution is 0.0601. The van der Waals surface area contributed by atoms with Crippen molar-refractivity contribution in [3.05, 3.63) is 42.4 Å². The van der Waals surface area contributed by atoms with Gasteiger partial charge in [0, 0.05) is 5.56 Å². The average Bonchev–Trinajstić information content (AvgIpc) is 2.92. The van der Waals surface area contributed by atoms with Crippen LogP contribution in [0.5, 0.6) is 6.01 Å². The second kappa shape index (κ2) is 4.61. The number of carbonyl (C=O) groups is 1. The van der Waals surface area contributed by atoms with Gasteiger partial charge < -0.3 is 9.84 Å². The minimum Gasteiger partial charge on any atom is -0.479 e. The monoisotopic (exact) mass is 270 g/mol. The molecule has 7 heteroatoms. The molecule has 0 radical (unpaired) electrons. The van der Waals surface area contributed by atoms with Crippen LogP contribution in [0, 0.1) is 0 Å². The second-order valence-electron chi connectivity index (χ2n) is 4.04. The van der Waals surface area contributed by atoms with E-state index in [1.54, 1.807) is 30.5 Å². The maximum absolute atomic E-state index is 11.4. The molecule has 7 nitrogen and oxygen atoms in total. The Balaban J connectivity index is 2.07. The van der Waals surface area contributed by atoms with Gasteiger partial charge >= 0.3 is 12.0 Å². The number of methoxy groups -OCH3 is 1. The number of esters is 1. The Kier molecular flexibility index (Phi) is 2.79. The highest BCUT2D eigenvalue weighted by Gasteiger charge is 2.12. The first-order chi connectivity index (χ1) is 9.70. The van der Waals surface area contributed by atoms with Gasteiger partial charge in [-0.3, -0.25) is 0 Å². The summed E-state index contributed by atoms with van der Waals surface area (Å²) in [6.07, 6.45) is 2.84. The fourth-order valence-corrected chi connectivity index (χ4v) is 1.91. The summed E-state index contributed by atoms with van der Waals surface area (Å²) in [7, 11) is 1.33. The van der Waals surface area contributed by atoms with Gasteiger partial charge in [0.2, 0.25) is 0 Å². The van der Waals surface area contributed by atoms with Crippen molar-refractivity contribution in [3.8, 4) is 17.1 Å². The molecule has 1 aromatic carbocycles. The zero-order chi connectivity index (χ0) is 14.1. The first-order valence-corrected chi connectivity index (χ1v) is 5.77. The molecule has 3 aromatic rings. The van der Waals surface area contributed by atoms with Crippen LogP contribution in [-0.4, -0.2) is 37.8 Å². The number of hydrogen-bond acceptors (Lipinski definition) is 6. The smallest absolute Gasteiger partial charge is 0.337 e. The number of aromatic hydroxyl groups is 1. The molecule has 20 heavy (non-hydrogen) atoms. The average molecular weight is 270 g/mol. The van der Waals surface area contributed by atoms with Gasteiger partial charge in [0.25, 0.3) is 0 Å². The summed E-state index contributed by atoms with van der Waals surface area (Å²) in [5.41, 5.74) is 2.51. The van der Waals surface area contributed by atoms with E-state index in [4.69, 9.17) is 0 Å². The van der Waals surface area contributed by atoms with E-state index in [0.29, 0.717) is 11.2 Å². The second-order valence-corrected chi connectivity index (χ2v) is 4.04. The highest BCUT2D eigenvalue weighted by atomic mass is 16.5. The number of hydrogen-bond donors (Lipinski definition) is 1. The van der Waals surface area contributed by atoms with Gasteiger partial charge in [0.15, 0.2) is 5.65 Å². The maximum atomic E-state index is 11.4. The standard InChI is InChI=1S/C13H10N4O3/c1-20-12(18)9-4-2-8(3-5-9)10-6-16-17-11(10)14-7-15-13(17)19/h2-7H,1H3,(H,14,15,19). The topological polar surface area (TPSA) is 89.6 Å². The number of nitrogens with zero attached hydrogens (tertiary/aromatic N) is 4. The van der Waals surface area contributed by atoms with Crippen molar-refractivity contribution in [3.63, 3.8) is 0 Å². The molecule has 0 saturated heterocycles. The molecule has 0 aliphatic rings. The van der Waals surface area contributed by atoms with Crippen LogP contribution in [0.4, 0.5) is 0 Å². The quantitative estimate of drug-likeness (QED) is 0.705. The van der Waals surface area contributed by atoms with Gasteiger partial charge in [0.1, 0.15) is 6.33 Å². The van der Waals surface area contributed by atoms with E-state index in [0.717, 1.165) is 11.1 Å². The first-order valence-electron chi connectivity index (χ1n) is 5.77. The van der Waals surface area contributed by atoms with Crippen molar-refractivity contribution in [1.29, 1.82) is 0 Å². The van der Waals surface area contributed by atoms with Crippen LogP contribution in [0.1, 0.15) is 10.4 Å². The normalized spacial score (nSPS) is 10.7. The van der Waals surface area contributed by atoms with Crippen LogP contribution in [0.2, 0.25) is 0 Å². The lowest BCUT2D eigenvalue weighted by atomic mass is 10.1. The van der Waals surface area contributed by atoms with E-state index >= 15 is 0 Å². The van der Waals surface area contributed by atoms with Crippen molar-refractivity contribution >= 4 is 11.6 Å². The van der Waals surface area contributed by atoms with E-state index < -0.39 is 5.97 Å². The van der Waals surface area contributed by atoms with Gasteiger partial charge in [-0.15, -0.1) is 0 Å². The summed E-state index contributed by atoms with van der Waals surface area (Å²) in [4.78, 5) is 19.1. The van der Waals surface area contributed by atoms with Crippen molar-refractivity contribution in [2.45, 2.75) is 0 Å². The van der Waals surface area contributed by atoms with Crippen LogP contribution in [-0.2, 0) is 4.74 Å². The Morgan fingerprint density at radius 3 is 2.70 bits per heavy atom. The molecule has 0 atom stereocenters. The van der Waals surface area contributed by atoms with Crippen LogP contribution < -0.4 is 0 Å². The number of carbonyl (C=O) groups excluding carboxylic acids is 1. The molecule has 0 amide bonds. The summed E-state index contributed by atoms with van der Waals surface area (Å²) in [5, 5.41) is 13.6. The molecule has 1 N–H and O–H groups in total. The number of aromatic nitrogens is 4. The highest BCUT2D eigenvalue weighted by Crippen LogP contribution is 2.24. The molecule has 0 saturated carbocycles. The van der Waals surface area contributed by atoms with Crippen molar-refractivity contribution in [2.24, 2.45) is 0 Å². The van der Waals surface area contributed by atoms with Gasteiger partial charge in [-0.1, -0.05) is 12.1 Å². The Morgan fingerprint density at radius 2 is 2.00 bits per heavy atom. The van der Waals surface area contributed by atoms with E-state index in [2.05, 4.69) is 19.8 Å². The molecule has 3 rings (SSSR count). The zero-order valence-electron chi connectivity index (χ0n) is 10.5. The van der Waals surface area contributed by atoms with Crippen LogP contribution in [0.15, 0.2) is 36.8 Å². The summed E-state index contributed by atoms with van der Waals surface area (Å²) in [5.74, 6) is -0.392. The summed E-state index contributed by atoms with van der Waals surface area (Å²) >= 11 is 0. The Hall–Kier alpha value is -2.96. The number of fused-ring (bicyclic) bond motifs is 1. The fraction of sp³-hybridized carbons (Fsp3) is 0.0769. The summed E-state index contributed by atoms with van der Waals surface area (Å²) in [6.45, 7) is 0. The third-order valence-corrected chi connectivity index (χ3v) is 2.90. The zero-order valence-corrected chi connectivity index (χ0v) is 10.5. The van der Waals surface area contributed by atoms with E-state index in [9.17, 15) is 9.90 Å². The largest absolute Gasteiger partial charge is 0.479 e. The SMILES string of the molecule is COC(=O)c1ccc(-c2cnn3c(O)ncnc23)cc1. The number of rotatable bonds is 2. The van der Waals surface area contributed by atoms with Crippen molar-refractivity contribution in [1.82, 2.24) is 19.6 Å². The number of benzene rings is 1. The third-order valence-electron chi connectivity index (χ3n) is 2.90. The van der Waals surface area contributed by atoms with Crippen molar-refractivity contribution < 1.29 is 14.6 Å². The highest BCUT2D eigenvalue weighted by molar-refractivity contribution is 5.90. The van der Waals surface area contributed by atoms with Crippen LogP contribution >= 0.6 is 0 Å². The maximum Gasteiger partial charge on any atom is 0.337 e. The number of ether oxygens (including phenoxy) is 1. The Bertz CT molecular complexity index is 780. The molecule has 2 heterocycles. The van der Waals surface area contributed by atoms with Crippen molar-refractivity contribution in [2.75, 3.05) is 7.11 Å². The molecular weight excluding hydrogens is 260 g/mol. The molecule has 0 bridgehead atoms. The van der Waals surface area contributed by atoms with Gasteiger partial charge in [-0.2, -0.15) is 14.6 Å². The molecule has 100 valence electrons. The lowest BCUT2D eigenvalue weighted by Gasteiger charge is -2.02. The van der Waals surface area contributed by atoms with Gasteiger partial charge in [-0.25, -0.2) is 9.78 Å². The van der Waals surface area contributed by atoms with E-state index in [1.807, 2.05) is 0 Å². The molecule has 0 aliphatic heterocycles. The fourth-order valence-electron chi connectivity index (χ4n) is 1.91. The molecule has 2 aromatic heterocycles. The molecule has 0 aliphatic carbocycles. The van der Waals surface area contributed by atoms with Gasteiger partial charge in [0.05, 0.1) is 18.9 Å². The molecular formula is C13H10N4O3. The van der Waals surface area contributed by atoms with Gasteiger partial charge in [-0.05, 0) is 17.7 Å². The van der Waals surface area contributed by atoms with Crippen LogP contribution in [0.25, 0.3) is 16.8 Å². The Morgan fingerprint density at radius 1 is 1.25 bits per heavy atom. The summed E-state index contributed by atoms with van der Waals surface area (Å²) < 4.78 is 5.88. The molecule has 0 fully saturated rings. The van der Waals surface area contributed by atoms with E-state index in [1.165, 1.54) is 18.0 Å². The third kappa shape index (κ3) is 1.85. The Labute approximate surface area is 113 Å². The minimum atomic E-state index is -0.392. The predicted molar refractivity (Wildman–Crippen MR) is 69.2 cm³/mol.